The molecule has 0 saturated carbocycles. The molecule has 94 valence electrons. The van der Waals surface area contributed by atoms with Gasteiger partial charge >= 0.3 is 5.97 Å². The van der Waals surface area contributed by atoms with Crippen LogP contribution in [0.1, 0.15) is 12.6 Å². The molecule has 0 radical (unpaired) electrons. The van der Waals surface area contributed by atoms with Crippen molar-refractivity contribution in [3.63, 3.8) is 0 Å². The summed E-state index contributed by atoms with van der Waals surface area (Å²) in [5.41, 5.74) is 1.07. The molecule has 0 unspecified atom stereocenters. The van der Waals surface area contributed by atoms with Crippen molar-refractivity contribution in [2.75, 3.05) is 13.4 Å². The molecule has 6 heteroatoms. The molecule has 3 rings (SSSR count). The van der Waals surface area contributed by atoms with Gasteiger partial charge in [-0.05, 0) is 19.1 Å². The molecule has 1 aromatic heterocycles. The maximum Gasteiger partial charge on any atom is 0.312 e. The Morgan fingerprint density at radius 2 is 2.33 bits per heavy atom. The van der Waals surface area contributed by atoms with Gasteiger partial charge in [0.2, 0.25) is 6.79 Å². The predicted molar refractivity (Wildman–Crippen MR) is 60.5 cm³/mol. The Morgan fingerprint density at radius 1 is 1.44 bits per heavy atom. The van der Waals surface area contributed by atoms with Crippen LogP contribution in [0.4, 0.5) is 0 Å². The van der Waals surface area contributed by atoms with Crippen LogP contribution in [0.3, 0.4) is 0 Å². The van der Waals surface area contributed by atoms with Crippen LogP contribution in [0.2, 0.25) is 0 Å². The summed E-state index contributed by atoms with van der Waals surface area (Å²) < 4.78 is 20.7. The second kappa shape index (κ2) is 4.21. The number of aromatic nitrogens is 1. The number of carbonyl (C=O) groups excluding carboxylic acids is 1. The van der Waals surface area contributed by atoms with E-state index in [-0.39, 0.29) is 19.2 Å². The third-order valence-corrected chi connectivity index (χ3v) is 2.66. The minimum atomic E-state index is -0.343. The zero-order chi connectivity index (χ0) is 12.5. The molecule has 1 aromatic carbocycles. The molecule has 0 saturated heterocycles. The molecule has 0 N–H and O–H groups in total. The summed E-state index contributed by atoms with van der Waals surface area (Å²) in [6.07, 6.45) is 0.0562. The monoisotopic (exact) mass is 249 g/mol. The van der Waals surface area contributed by atoms with Crippen LogP contribution in [0.25, 0.3) is 11.0 Å². The molecule has 0 aliphatic carbocycles. The smallest absolute Gasteiger partial charge is 0.312 e. The minimum absolute atomic E-state index is 0.0562. The van der Waals surface area contributed by atoms with E-state index in [0.29, 0.717) is 34.8 Å². The van der Waals surface area contributed by atoms with E-state index in [2.05, 4.69) is 5.16 Å². The van der Waals surface area contributed by atoms with E-state index in [1.54, 1.807) is 19.1 Å². The van der Waals surface area contributed by atoms with Gasteiger partial charge in [0.15, 0.2) is 17.1 Å². The summed E-state index contributed by atoms with van der Waals surface area (Å²) in [5.74, 6) is 0.869. The molecule has 0 bridgehead atoms. The zero-order valence-electron chi connectivity index (χ0n) is 9.76. The fraction of sp³-hybridized carbons (Fsp3) is 0.333. The van der Waals surface area contributed by atoms with E-state index in [1.807, 2.05) is 0 Å². The first-order chi connectivity index (χ1) is 8.79. The van der Waals surface area contributed by atoms with Crippen LogP contribution < -0.4 is 9.47 Å². The number of esters is 1. The summed E-state index contributed by atoms with van der Waals surface area (Å²) in [7, 11) is 0. The number of benzene rings is 1. The fourth-order valence-corrected chi connectivity index (χ4v) is 1.92. The van der Waals surface area contributed by atoms with Crippen molar-refractivity contribution in [1.82, 2.24) is 5.16 Å². The van der Waals surface area contributed by atoms with Gasteiger partial charge in [0, 0.05) is 0 Å². The number of hydrogen-bond donors (Lipinski definition) is 0. The predicted octanol–water partition coefficient (Wildman–Crippen LogP) is 1.66. The minimum Gasteiger partial charge on any atom is -0.466 e. The quantitative estimate of drug-likeness (QED) is 0.770. The van der Waals surface area contributed by atoms with Gasteiger partial charge in [-0.2, -0.15) is 0 Å². The van der Waals surface area contributed by atoms with Crippen LogP contribution in [0.15, 0.2) is 16.7 Å². The molecule has 0 spiro atoms. The van der Waals surface area contributed by atoms with Crippen molar-refractivity contribution in [1.29, 1.82) is 0 Å². The van der Waals surface area contributed by atoms with Crippen molar-refractivity contribution in [3.05, 3.63) is 17.8 Å². The number of hydrogen-bond acceptors (Lipinski definition) is 6. The van der Waals surface area contributed by atoms with E-state index in [9.17, 15) is 4.79 Å². The van der Waals surface area contributed by atoms with Gasteiger partial charge in [0.25, 0.3) is 0 Å². The number of nitrogens with zero attached hydrogens (tertiary/aromatic N) is 1. The van der Waals surface area contributed by atoms with Gasteiger partial charge in [0.05, 0.1) is 18.4 Å². The van der Waals surface area contributed by atoms with Gasteiger partial charge in [0.1, 0.15) is 5.69 Å². The summed E-state index contributed by atoms with van der Waals surface area (Å²) in [6, 6.07) is 3.49. The fourth-order valence-electron chi connectivity index (χ4n) is 1.92. The Hall–Kier alpha value is -2.24. The standard InChI is InChI=1S/C12H11NO5/c1-2-15-10(14)5-7-11-8(18-13-7)3-4-9-12(11)17-6-16-9/h3-4H,2,5-6H2,1H3. The molecule has 18 heavy (non-hydrogen) atoms. The highest BCUT2D eigenvalue weighted by Gasteiger charge is 2.23. The normalized spacial score (nSPS) is 12.9. The molecular weight excluding hydrogens is 238 g/mol. The highest BCUT2D eigenvalue weighted by atomic mass is 16.7. The Kier molecular flexibility index (Phi) is 2.55. The zero-order valence-corrected chi connectivity index (χ0v) is 9.76. The maximum absolute atomic E-state index is 11.5. The third kappa shape index (κ3) is 1.66. The van der Waals surface area contributed by atoms with E-state index in [1.165, 1.54) is 0 Å². The Labute approximate surface area is 102 Å². The molecule has 1 aliphatic heterocycles. The molecule has 2 aromatic rings. The van der Waals surface area contributed by atoms with Crippen molar-refractivity contribution >= 4 is 16.9 Å². The van der Waals surface area contributed by atoms with Gasteiger partial charge in [-0.15, -0.1) is 0 Å². The van der Waals surface area contributed by atoms with Gasteiger partial charge in [-0.1, -0.05) is 5.16 Å². The van der Waals surface area contributed by atoms with Crippen molar-refractivity contribution in [3.8, 4) is 11.5 Å². The van der Waals surface area contributed by atoms with Gasteiger partial charge in [-0.3, -0.25) is 4.79 Å². The third-order valence-electron chi connectivity index (χ3n) is 2.66. The summed E-state index contributed by atoms with van der Waals surface area (Å²) in [4.78, 5) is 11.5. The van der Waals surface area contributed by atoms with E-state index < -0.39 is 0 Å². The second-order valence-electron chi connectivity index (χ2n) is 3.78. The Bertz CT molecular complexity index is 604. The van der Waals surface area contributed by atoms with Crippen LogP contribution in [0, 0.1) is 0 Å². The second-order valence-corrected chi connectivity index (χ2v) is 3.78. The van der Waals surface area contributed by atoms with Crippen LogP contribution in [0.5, 0.6) is 11.5 Å². The lowest BCUT2D eigenvalue weighted by molar-refractivity contribution is -0.142. The van der Waals surface area contributed by atoms with Crippen molar-refractivity contribution in [2.24, 2.45) is 0 Å². The first-order valence-corrected chi connectivity index (χ1v) is 5.62. The van der Waals surface area contributed by atoms with Crippen LogP contribution in [-0.4, -0.2) is 24.5 Å². The number of ether oxygens (including phenoxy) is 3. The highest BCUT2D eigenvalue weighted by molar-refractivity contribution is 5.91. The van der Waals surface area contributed by atoms with E-state index in [4.69, 9.17) is 18.7 Å². The average Bonchev–Trinajstić information content (AvgIpc) is 2.94. The maximum atomic E-state index is 11.5. The van der Waals surface area contributed by atoms with Crippen LogP contribution in [-0.2, 0) is 16.0 Å². The lowest BCUT2D eigenvalue weighted by atomic mass is 10.1. The molecular formula is C12H11NO5. The first-order valence-electron chi connectivity index (χ1n) is 5.62. The van der Waals surface area contributed by atoms with E-state index >= 15 is 0 Å². The van der Waals surface area contributed by atoms with E-state index in [0.717, 1.165) is 0 Å². The number of carbonyl (C=O) groups is 1. The van der Waals surface area contributed by atoms with Crippen molar-refractivity contribution in [2.45, 2.75) is 13.3 Å². The number of rotatable bonds is 3. The van der Waals surface area contributed by atoms with Gasteiger partial charge < -0.3 is 18.7 Å². The molecule has 0 amide bonds. The molecule has 0 fully saturated rings. The first kappa shape index (κ1) is 10.9. The number of fused-ring (bicyclic) bond motifs is 3. The largest absolute Gasteiger partial charge is 0.466 e. The Balaban J connectivity index is 2.02. The highest BCUT2D eigenvalue weighted by Crippen LogP contribution is 2.40. The molecule has 2 heterocycles. The average molecular weight is 249 g/mol. The summed E-state index contributed by atoms with van der Waals surface area (Å²) >= 11 is 0. The Morgan fingerprint density at radius 3 is 3.17 bits per heavy atom. The summed E-state index contributed by atoms with van der Waals surface area (Å²) in [6.45, 7) is 2.26. The molecule has 1 aliphatic rings. The SMILES string of the molecule is CCOC(=O)Cc1noc2ccc3c(c12)OCO3. The van der Waals surface area contributed by atoms with Gasteiger partial charge in [-0.25, -0.2) is 0 Å². The topological polar surface area (TPSA) is 70.8 Å². The summed E-state index contributed by atoms with van der Waals surface area (Å²) in [5, 5.41) is 4.56. The molecule has 6 nitrogen and oxygen atoms in total. The van der Waals surface area contributed by atoms with Crippen molar-refractivity contribution < 1.29 is 23.5 Å². The lowest BCUT2D eigenvalue weighted by Gasteiger charge is -2.00. The molecule has 0 atom stereocenters. The van der Waals surface area contributed by atoms with Crippen LogP contribution >= 0.6 is 0 Å². The lowest BCUT2D eigenvalue weighted by Crippen LogP contribution is -2.07.